The largest absolute Gasteiger partial charge is 0.357 e. The average molecular weight is 284 g/mol. The van der Waals surface area contributed by atoms with Crippen molar-refractivity contribution < 1.29 is 0 Å². The summed E-state index contributed by atoms with van der Waals surface area (Å²) in [6, 6.07) is 4.40. The maximum Gasteiger partial charge on any atom is 0.146 e. The van der Waals surface area contributed by atoms with Crippen LogP contribution in [0.1, 0.15) is 42.5 Å². The van der Waals surface area contributed by atoms with E-state index in [9.17, 15) is 5.26 Å². The summed E-state index contributed by atoms with van der Waals surface area (Å²) in [4.78, 5) is 9.34. The van der Waals surface area contributed by atoms with Gasteiger partial charge in [0, 0.05) is 24.8 Å². The Balaban J connectivity index is 1.88. The molecule has 0 aliphatic heterocycles. The number of pyridine rings is 1. The van der Waals surface area contributed by atoms with Gasteiger partial charge in [-0.05, 0) is 64.3 Å². The average Bonchev–Trinajstić information content (AvgIpc) is 2.87. The fourth-order valence-electron chi connectivity index (χ4n) is 3.68. The zero-order valence-electron chi connectivity index (χ0n) is 13.3. The summed E-state index contributed by atoms with van der Waals surface area (Å²) in [6.07, 6.45) is 7.06. The van der Waals surface area contributed by atoms with Crippen LogP contribution >= 0.6 is 0 Å². The van der Waals surface area contributed by atoms with E-state index in [0.717, 1.165) is 30.8 Å². The maximum atomic E-state index is 9.45. The molecule has 0 aromatic carbocycles. The Morgan fingerprint density at radius 2 is 2.00 bits per heavy atom. The molecule has 0 saturated heterocycles. The Morgan fingerprint density at radius 3 is 2.57 bits per heavy atom. The number of nitrogens with zero attached hydrogens (tertiary/aromatic N) is 4. The highest BCUT2D eigenvalue weighted by atomic mass is 15.2. The fraction of sp³-hybridized carbons (Fsp3) is 0.647. The quantitative estimate of drug-likeness (QED) is 0.851. The standard InChI is InChI=1S/C17H24N4/c1-20(2)17(8-5-9-17)12-21(3)16-14(11-18)10-13-6-4-7-15(13)19-16/h10H,4-9,12H2,1-3H3. The van der Waals surface area contributed by atoms with Crippen molar-refractivity contribution in [3.8, 4) is 6.07 Å². The lowest BCUT2D eigenvalue weighted by Gasteiger charge is -2.49. The Hall–Kier alpha value is -1.60. The molecule has 0 unspecified atom stereocenters. The number of likely N-dealkylation sites (N-methyl/N-ethyl adjacent to an activating group) is 2. The summed E-state index contributed by atoms with van der Waals surface area (Å²) in [6.45, 7) is 0.945. The summed E-state index contributed by atoms with van der Waals surface area (Å²) in [5.74, 6) is 0.867. The Labute approximate surface area is 127 Å². The number of nitriles is 1. The van der Waals surface area contributed by atoms with E-state index in [1.807, 2.05) is 0 Å². The van der Waals surface area contributed by atoms with Gasteiger partial charge in [0.2, 0.25) is 0 Å². The van der Waals surface area contributed by atoms with Gasteiger partial charge >= 0.3 is 0 Å². The number of anilines is 1. The third-order valence-electron chi connectivity index (χ3n) is 5.28. The molecule has 21 heavy (non-hydrogen) atoms. The monoisotopic (exact) mass is 284 g/mol. The van der Waals surface area contributed by atoms with Crippen LogP contribution in [0.2, 0.25) is 0 Å². The maximum absolute atomic E-state index is 9.45. The van der Waals surface area contributed by atoms with Crippen LogP contribution in [0.15, 0.2) is 6.07 Å². The first-order valence-electron chi connectivity index (χ1n) is 7.87. The number of rotatable bonds is 4. The molecule has 3 rings (SSSR count). The van der Waals surface area contributed by atoms with Gasteiger partial charge in [0.05, 0.1) is 5.56 Å². The Kier molecular flexibility index (Phi) is 3.62. The summed E-state index contributed by atoms with van der Waals surface area (Å²) >= 11 is 0. The third kappa shape index (κ3) is 2.40. The molecule has 2 aliphatic carbocycles. The highest BCUT2D eigenvalue weighted by Crippen LogP contribution is 2.38. The lowest BCUT2D eigenvalue weighted by atomic mass is 9.75. The van der Waals surface area contributed by atoms with Gasteiger partial charge in [-0.15, -0.1) is 0 Å². The van der Waals surface area contributed by atoms with Gasteiger partial charge in [-0.3, -0.25) is 0 Å². The summed E-state index contributed by atoms with van der Waals surface area (Å²) in [5, 5.41) is 9.45. The first-order valence-corrected chi connectivity index (χ1v) is 7.87. The van der Waals surface area contributed by atoms with Gasteiger partial charge in [-0.1, -0.05) is 0 Å². The van der Waals surface area contributed by atoms with E-state index >= 15 is 0 Å². The van der Waals surface area contributed by atoms with Crippen molar-refractivity contribution >= 4 is 5.82 Å². The lowest BCUT2D eigenvalue weighted by molar-refractivity contribution is 0.0681. The first-order chi connectivity index (χ1) is 10.1. The molecule has 1 aromatic rings. The zero-order valence-corrected chi connectivity index (χ0v) is 13.3. The molecule has 0 radical (unpaired) electrons. The van der Waals surface area contributed by atoms with Crippen LogP contribution in [-0.4, -0.2) is 43.1 Å². The number of hydrogen-bond donors (Lipinski definition) is 0. The van der Waals surface area contributed by atoms with Crippen molar-refractivity contribution in [1.29, 1.82) is 5.26 Å². The molecule has 0 atom stereocenters. The molecule has 0 spiro atoms. The smallest absolute Gasteiger partial charge is 0.146 e. The number of aryl methyl sites for hydroxylation is 2. The minimum absolute atomic E-state index is 0.252. The van der Waals surface area contributed by atoms with Crippen molar-refractivity contribution in [2.45, 2.75) is 44.1 Å². The van der Waals surface area contributed by atoms with Gasteiger partial charge in [0.15, 0.2) is 0 Å². The summed E-state index contributed by atoms with van der Waals surface area (Å²) < 4.78 is 0. The molecular formula is C17H24N4. The highest BCUT2D eigenvalue weighted by molar-refractivity contribution is 5.56. The van der Waals surface area contributed by atoms with E-state index in [-0.39, 0.29) is 5.54 Å². The molecule has 0 amide bonds. The first kappa shape index (κ1) is 14.3. The van der Waals surface area contributed by atoms with Crippen molar-refractivity contribution in [2.75, 3.05) is 32.6 Å². The summed E-state index contributed by atoms with van der Waals surface area (Å²) in [7, 11) is 6.40. The van der Waals surface area contributed by atoms with Gasteiger partial charge < -0.3 is 9.80 Å². The van der Waals surface area contributed by atoms with E-state index in [2.05, 4.69) is 43.1 Å². The topological polar surface area (TPSA) is 43.2 Å². The molecule has 4 nitrogen and oxygen atoms in total. The molecule has 1 saturated carbocycles. The van der Waals surface area contributed by atoms with Crippen LogP contribution in [0.25, 0.3) is 0 Å². The van der Waals surface area contributed by atoms with E-state index in [0.29, 0.717) is 0 Å². The van der Waals surface area contributed by atoms with Gasteiger partial charge in [-0.25, -0.2) is 4.98 Å². The molecule has 2 aliphatic rings. The Bertz CT molecular complexity index is 581. The van der Waals surface area contributed by atoms with Gasteiger partial charge in [-0.2, -0.15) is 5.26 Å². The van der Waals surface area contributed by atoms with Crippen LogP contribution in [-0.2, 0) is 12.8 Å². The van der Waals surface area contributed by atoms with E-state index < -0.39 is 0 Å². The van der Waals surface area contributed by atoms with Crippen LogP contribution in [0.5, 0.6) is 0 Å². The molecular weight excluding hydrogens is 260 g/mol. The molecule has 1 heterocycles. The molecule has 0 N–H and O–H groups in total. The van der Waals surface area contributed by atoms with Crippen molar-refractivity contribution in [3.05, 3.63) is 22.9 Å². The normalized spacial score (nSPS) is 19.0. The van der Waals surface area contributed by atoms with Gasteiger partial charge in [0.1, 0.15) is 11.9 Å². The molecule has 4 heteroatoms. The minimum Gasteiger partial charge on any atom is -0.357 e. The number of aromatic nitrogens is 1. The number of fused-ring (bicyclic) bond motifs is 1. The molecule has 0 bridgehead atoms. The second kappa shape index (κ2) is 5.31. The van der Waals surface area contributed by atoms with Crippen LogP contribution in [0, 0.1) is 11.3 Å². The van der Waals surface area contributed by atoms with Gasteiger partial charge in [0.25, 0.3) is 0 Å². The predicted octanol–water partition coefficient (Wildman–Crippen LogP) is 2.36. The second-order valence-corrected chi connectivity index (χ2v) is 6.76. The fourth-order valence-corrected chi connectivity index (χ4v) is 3.68. The second-order valence-electron chi connectivity index (χ2n) is 6.76. The highest BCUT2D eigenvalue weighted by Gasteiger charge is 2.40. The zero-order chi connectivity index (χ0) is 15.0. The summed E-state index contributed by atoms with van der Waals surface area (Å²) in [5.41, 5.74) is 3.45. The lowest BCUT2D eigenvalue weighted by Crippen LogP contribution is -2.57. The molecule has 1 aromatic heterocycles. The van der Waals surface area contributed by atoms with Crippen molar-refractivity contribution in [1.82, 2.24) is 9.88 Å². The minimum atomic E-state index is 0.252. The van der Waals surface area contributed by atoms with Crippen LogP contribution in [0.4, 0.5) is 5.82 Å². The van der Waals surface area contributed by atoms with Crippen molar-refractivity contribution in [3.63, 3.8) is 0 Å². The van der Waals surface area contributed by atoms with E-state index in [4.69, 9.17) is 4.98 Å². The van der Waals surface area contributed by atoms with E-state index in [1.54, 1.807) is 0 Å². The van der Waals surface area contributed by atoms with Crippen molar-refractivity contribution in [2.24, 2.45) is 0 Å². The third-order valence-corrected chi connectivity index (χ3v) is 5.28. The van der Waals surface area contributed by atoms with Crippen LogP contribution in [0.3, 0.4) is 0 Å². The van der Waals surface area contributed by atoms with E-state index in [1.165, 1.54) is 36.9 Å². The Morgan fingerprint density at radius 1 is 1.24 bits per heavy atom. The predicted molar refractivity (Wildman–Crippen MR) is 84.5 cm³/mol. The SMILES string of the molecule is CN(CC1(N(C)C)CCC1)c1nc2c(cc1C#N)CCC2. The number of hydrogen-bond acceptors (Lipinski definition) is 4. The van der Waals surface area contributed by atoms with Crippen LogP contribution < -0.4 is 4.90 Å². The molecule has 112 valence electrons. The molecule has 1 fully saturated rings.